The van der Waals surface area contributed by atoms with Crippen molar-refractivity contribution in [1.82, 2.24) is 9.80 Å². The molecule has 0 aliphatic carbocycles. The highest BCUT2D eigenvalue weighted by Gasteiger charge is 2.20. The molecule has 31 heavy (non-hydrogen) atoms. The van der Waals surface area contributed by atoms with Crippen LogP contribution >= 0.6 is 0 Å². The minimum absolute atomic E-state index is 0.572. The van der Waals surface area contributed by atoms with E-state index in [-0.39, 0.29) is 0 Å². The second kappa shape index (κ2) is 21.2. The Kier molecular flexibility index (Phi) is 19.4. The van der Waals surface area contributed by atoms with Gasteiger partial charge in [0.2, 0.25) is 0 Å². The fourth-order valence-corrected chi connectivity index (χ4v) is 4.87. The van der Waals surface area contributed by atoms with E-state index in [1.54, 1.807) is 0 Å². The minimum atomic E-state index is 0.572. The molecular weight excluding hydrogens is 376 g/mol. The predicted octanol–water partition coefficient (Wildman–Crippen LogP) is 9.65. The third-order valence-electron chi connectivity index (χ3n) is 7.20. The quantitative estimate of drug-likeness (QED) is 0.148. The molecule has 0 N–H and O–H groups in total. The van der Waals surface area contributed by atoms with Crippen LogP contribution in [0.3, 0.4) is 0 Å². The molecule has 1 rings (SSSR count). The van der Waals surface area contributed by atoms with Crippen molar-refractivity contribution in [3.05, 3.63) is 12.4 Å². The van der Waals surface area contributed by atoms with Gasteiger partial charge in [-0.15, -0.1) is 0 Å². The minimum Gasteiger partial charge on any atom is -0.356 e. The van der Waals surface area contributed by atoms with Gasteiger partial charge in [0, 0.05) is 25.5 Å². The first kappa shape index (κ1) is 28.4. The predicted molar refractivity (Wildman–Crippen MR) is 140 cm³/mol. The van der Waals surface area contributed by atoms with Crippen molar-refractivity contribution in [1.29, 1.82) is 0 Å². The lowest BCUT2D eigenvalue weighted by Crippen LogP contribution is -2.36. The Morgan fingerprint density at radius 1 is 0.419 bits per heavy atom. The summed E-state index contributed by atoms with van der Waals surface area (Å²) in [5.41, 5.74) is 0. The van der Waals surface area contributed by atoms with E-state index in [0.717, 1.165) is 0 Å². The summed E-state index contributed by atoms with van der Waals surface area (Å²) in [5.74, 6) is 0. The van der Waals surface area contributed by atoms with Gasteiger partial charge in [-0.1, -0.05) is 136 Å². The lowest BCUT2D eigenvalue weighted by atomic mass is 10.0. The Bertz CT molecular complexity index is 392. The molecule has 0 aromatic heterocycles. The summed E-state index contributed by atoms with van der Waals surface area (Å²) < 4.78 is 0. The first-order chi connectivity index (χ1) is 15.3. The summed E-state index contributed by atoms with van der Waals surface area (Å²) in [6, 6.07) is 0. The van der Waals surface area contributed by atoms with Gasteiger partial charge in [-0.2, -0.15) is 0 Å². The van der Waals surface area contributed by atoms with Crippen LogP contribution in [0.5, 0.6) is 0 Å². The zero-order valence-corrected chi connectivity index (χ0v) is 21.9. The van der Waals surface area contributed by atoms with Crippen molar-refractivity contribution in [2.24, 2.45) is 0 Å². The molecular formula is C29H58N2. The van der Waals surface area contributed by atoms with Crippen LogP contribution in [-0.4, -0.2) is 29.1 Å². The Morgan fingerprint density at radius 2 is 0.677 bits per heavy atom. The first-order valence-electron chi connectivity index (χ1n) is 14.5. The van der Waals surface area contributed by atoms with Gasteiger partial charge in [0.25, 0.3) is 0 Å². The molecule has 1 heterocycles. The number of unbranched alkanes of at least 4 members (excludes halogenated alkanes) is 19. The second-order valence-corrected chi connectivity index (χ2v) is 10.1. The summed E-state index contributed by atoms with van der Waals surface area (Å²) in [6.45, 7) is 9.45. The van der Waals surface area contributed by atoms with Crippen LogP contribution in [0.15, 0.2) is 12.4 Å². The fourth-order valence-electron chi connectivity index (χ4n) is 4.87. The van der Waals surface area contributed by atoms with Crippen LogP contribution in [0.25, 0.3) is 0 Å². The molecule has 1 aliphatic heterocycles. The molecule has 0 aromatic carbocycles. The fraction of sp³-hybridized carbons (Fsp3) is 0.931. The van der Waals surface area contributed by atoms with Crippen molar-refractivity contribution in [3.8, 4) is 0 Å². The van der Waals surface area contributed by atoms with Gasteiger partial charge in [0.15, 0.2) is 0 Å². The monoisotopic (exact) mass is 434 g/mol. The summed E-state index contributed by atoms with van der Waals surface area (Å²) in [6.07, 6.45) is 35.3. The zero-order chi connectivity index (χ0) is 22.4. The molecule has 1 unspecified atom stereocenters. The van der Waals surface area contributed by atoms with E-state index < -0.39 is 0 Å². The molecule has 2 heteroatoms. The standard InChI is InChI=1S/C29H58N2/c1-4-6-8-10-12-13-14-15-16-17-18-19-20-22-24-26-31-28-27-30(29(31)3)25-23-21-11-9-7-5-2/h27-29H,4-26H2,1-3H3. The van der Waals surface area contributed by atoms with Gasteiger partial charge in [-0.25, -0.2) is 0 Å². The highest BCUT2D eigenvalue weighted by molar-refractivity contribution is 4.95. The van der Waals surface area contributed by atoms with Gasteiger partial charge in [-0.3, -0.25) is 0 Å². The third kappa shape index (κ3) is 15.7. The molecule has 0 saturated carbocycles. The Morgan fingerprint density at radius 3 is 0.968 bits per heavy atom. The maximum absolute atomic E-state index is 2.55. The Hall–Kier alpha value is -0.660. The maximum atomic E-state index is 2.55. The largest absolute Gasteiger partial charge is 0.356 e. The van der Waals surface area contributed by atoms with Crippen LogP contribution in [0.4, 0.5) is 0 Å². The second-order valence-electron chi connectivity index (χ2n) is 10.1. The molecule has 1 atom stereocenters. The van der Waals surface area contributed by atoms with E-state index in [9.17, 15) is 0 Å². The number of rotatable bonds is 23. The van der Waals surface area contributed by atoms with Gasteiger partial charge in [0.1, 0.15) is 0 Å². The van der Waals surface area contributed by atoms with E-state index in [0.29, 0.717) is 6.17 Å². The lowest BCUT2D eigenvalue weighted by Gasteiger charge is -2.30. The van der Waals surface area contributed by atoms with Gasteiger partial charge in [0.05, 0.1) is 6.17 Å². The van der Waals surface area contributed by atoms with E-state index >= 15 is 0 Å². The van der Waals surface area contributed by atoms with Crippen molar-refractivity contribution in [3.63, 3.8) is 0 Å². The van der Waals surface area contributed by atoms with E-state index in [1.807, 2.05) is 0 Å². The molecule has 0 saturated heterocycles. The smallest absolute Gasteiger partial charge is 0.0977 e. The molecule has 0 fully saturated rings. The molecule has 0 radical (unpaired) electrons. The van der Waals surface area contributed by atoms with E-state index in [1.165, 1.54) is 148 Å². The van der Waals surface area contributed by atoms with Gasteiger partial charge >= 0.3 is 0 Å². The molecule has 0 bridgehead atoms. The average Bonchev–Trinajstić information content (AvgIpc) is 3.12. The average molecular weight is 435 g/mol. The Balaban J connectivity index is 1.84. The lowest BCUT2D eigenvalue weighted by molar-refractivity contribution is 0.165. The third-order valence-corrected chi connectivity index (χ3v) is 7.20. The summed E-state index contributed by atoms with van der Waals surface area (Å²) >= 11 is 0. The van der Waals surface area contributed by atoms with Gasteiger partial charge in [-0.05, 0) is 19.8 Å². The van der Waals surface area contributed by atoms with Crippen molar-refractivity contribution in [2.45, 2.75) is 162 Å². The summed E-state index contributed by atoms with van der Waals surface area (Å²) in [5, 5.41) is 0. The molecule has 2 nitrogen and oxygen atoms in total. The SMILES string of the molecule is CCCCCCCCCCCCCCCCCN1C=CN(CCCCCCCC)C1C. The first-order valence-corrected chi connectivity index (χ1v) is 14.5. The normalized spacial score (nSPS) is 16.0. The molecule has 0 amide bonds. The highest BCUT2D eigenvalue weighted by atomic mass is 15.4. The van der Waals surface area contributed by atoms with Crippen LogP contribution in [0.2, 0.25) is 0 Å². The van der Waals surface area contributed by atoms with Crippen molar-refractivity contribution in [2.75, 3.05) is 13.1 Å². The highest BCUT2D eigenvalue weighted by Crippen LogP contribution is 2.19. The van der Waals surface area contributed by atoms with E-state index in [4.69, 9.17) is 0 Å². The number of hydrogen-bond donors (Lipinski definition) is 0. The molecule has 184 valence electrons. The maximum Gasteiger partial charge on any atom is 0.0977 e. The van der Waals surface area contributed by atoms with E-state index in [2.05, 4.69) is 43.0 Å². The number of nitrogens with zero attached hydrogens (tertiary/aromatic N) is 2. The molecule has 1 aliphatic rings. The van der Waals surface area contributed by atoms with Gasteiger partial charge < -0.3 is 9.80 Å². The number of hydrogen-bond acceptors (Lipinski definition) is 2. The Labute approximate surface area is 197 Å². The van der Waals surface area contributed by atoms with Crippen LogP contribution in [-0.2, 0) is 0 Å². The summed E-state index contributed by atoms with van der Waals surface area (Å²) in [4.78, 5) is 5.10. The zero-order valence-electron chi connectivity index (χ0n) is 21.9. The van der Waals surface area contributed by atoms with Crippen LogP contribution in [0, 0.1) is 0 Å². The topological polar surface area (TPSA) is 6.48 Å². The van der Waals surface area contributed by atoms with Crippen LogP contribution < -0.4 is 0 Å². The molecule has 0 spiro atoms. The van der Waals surface area contributed by atoms with Crippen LogP contribution in [0.1, 0.15) is 156 Å². The van der Waals surface area contributed by atoms with Crippen molar-refractivity contribution < 1.29 is 0 Å². The summed E-state index contributed by atoms with van der Waals surface area (Å²) in [7, 11) is 0. The molecule has 0 aromatic rings. The van der Waals surface area contributed by atoms with Crippen molar-refractivity contribution >= 4 is 0 Å².